The molecule has 0 saturated carbocycles. The van der Waals surface area contributed by atoms with Gasteiger partial charge in [0.1, 0.15) is 53.0 Å². The number of benzene rings is 2. The minimum Gasteiger partial charge on any atom is -0.508 e. The van der Waals surface area contributed by atoms with Gasteiger partial charge in [0.05, 0.1) is 0 Å². The molecule has 1 saturated heterocycles. The lowest BCUT2D eigenvalue weighted by Gasteiger charge is -2.41. The van der Waals surface area contributed by atoms with Crippen LogP contribution in [0.5, 0.6) is 28.7 Å². The molecule has 1 fully saturated rings. The zero-order valence-corrected chi connectivity index (χ0v) is 18.5. The molecule has 8 N–H and O–H groups in total. The predicted octanol–water partition coefficient (Wildman–Crippen LogP) is -0.581. The first kappa shape index (κ1) is 25.2. The number of hydrogen-bond donors (Lipinski definition) is 8. The van der Waals surface area contributed by atoms with E-state index >= 15 is 0 Å². The van der Waals surface area contributed by atoms with E-state index in [1.54, 1.807) is 0 Å². The highest BCUT2D eigenvalue weighted by atomic mass is 16.7. The molecule has 13 heteroatoms. The van der Waals surface area contributed by atoms with Crippen LogP contribution in [0, 0.1) is 0 Å². The highest BCUT2D eigenvalue weighted by Crippen LogP contribution is 2.39. The number of aliphatic hydroxyl groups excluding tert-OH is 4. The van der Waals surface area contributed by atoms with Crippen LogP contribution in [0.1, 0.15) is 6.92 Å². The Kier molecular flexibility index (Phi) is 6.51. The van der Waals surface area contributed by atoms with E-state index in [-0.39, 0.29) is 11.1 Å². The first-order chi connectivity index (χ1) is 16.9. The molecule has 2 unspecified atom stereocenters. The van der Waals surface area contributed by atoms with Crippen LogP contribution in [0.2, 0.25) is 0 Å². The summed E-state index contributed by atoms with van der Waals surface area (Å²) in [5.74, 6) is -4.17. The van der Waals surface area contributed by atoms with Gasteiger partial charge >= 0.3 is 0 Å². The number of aromatic hydroxyl groups is 4. The molecule has 6 atom stereocenters. The largest absolute Gasteiger partial charge is 0.508 e. The molecule has 2 heterocycles. The van der Waals surface area contributed by atoms with E-state index < -0.39 is 87.9 Å². The number of aliphatic hydroxyl groups is 4. The Morgan fingerprint density at radius 1 is 0.944 bits per heavy atom. The number of rotatable bonds is 5. The van der Waals surface area contributed by atoms with Gasteiger partial charge in [0.25, 0.3) is 0 Å². The quantitative estimate of drug-likeness (QED) is 0.203. The number of hydrogen-bond acceptors (Lipinski definition) is 13. The van der Waals surface area contributed by atoms with Crippen LogP contribution in [-0.2, 0) is 9.53 Å². The summed E-state index contributed by atoms with van der Waals surface area (Å²) in [5, 5.41) is 80.1. The Labute approximate surface area is 201 Å². The molecule has 4 rings (SSSR count). The molecule has 13 nitrogen and oxygen atoms in total. The smallest absolute Gasteiger partial charge is 0.239 e. The molecule has 1 aliphatic rings. The molecule has 0 radical (unpaired) electrons. The molecule has 0 spiro atoms. The third-order valence-electron chi connectivity index (χ3n) is 5.72. The summed E-state index contributed by atoms with van der Waals surface area (Å²) >= 11 is 0. The normalized spacial score (nSPS) is 25.0. The summed E-state index contributed by atoms with van der Waals surface area (Å²) < 4.78 is 16.5. The third-order valence-corrected chi connectivity index (χ3v) is 5.72. The standard InChI is InChI=1S/C23H22O13/c1-7(24)15(29)21-18(32)17(31)19(33)23(35-21)36-22-16(30)14-12(28)5-9(25)6-13(14)34-20(22)8-2-3-10(26)11(27)4-8/h2-6,15,17-19,21,23,25-29,31-33H,1H3/t15?,17-,18-,19+,21+,23?/m0/s1. The van der Waals surface area contributed by atoms with Gasteiger partial charge in [-0.15, -0.1) is 0 Å². The Morgan fingerprint density at radius 3 is 2.28 bits per heavy atom. The first-order valence-corrected chi connectivity index (χ1v) is 10.5. The monoisotopic (exact) mass is 506 g/mol. The van der Waals surface area contributed by atoms with Crippen LogP contribution in [0.3, 0.4) is 0 Å². The topological polar surface area (TPSA) is 228 Å². The predicted molar refractivity (Wildman–Crippen MR) is 119 cm³/mol. The van der Waals surface area contributed by atoms with Gasteiger partial charge in [0, 0.05) is 17.7 Å². The average Bonchev–Trinajstić information content (AvgIpc) is 2.81. The van der Waals surface area contributed by atoms with Gasteiger partial charge in [-0.05, 0) is 25.1 Å². The molecule has 2 aromatic carbocycles. The summed E-state index contributed by atoms with van der Waals surface area (Å²) in [6.07, 6.45) is -11.5. The zero-order chi connectivity index (χ0) is 26.5. The van der Waals surface area contributed by atoms with Crippen molar-refractivity contribution in [2.24, 2.45) is 0 Å². The molecule has 36 heavy (non-hydrogen) atoms. The summed E-state index contributed by atoms with van der Waals surface area (Å²) in [5.41, 5.74) is -1.36. The number of phenols is 4. The van der Waals surface area contributed by atoms with E-state index in [0.717, 1.165) is 31.2 Å². The van der Waals surface area contributed by atoms with Crippen molar-refractivity contribution in [2.75, 3.05) is 0 Å². The highest BCUT2D eigenvalue weighted by Gasteiger charge is 2.49. The second kappa shape index (κ2) is 9.29. The minimum atomic E-state index is -1.99. The van der Waals surface area contributed by atoms with Crippen LogP contribution in [0.15, 0.2) is 39.5 Å². The maximum absolute atomic E-state index is 13.4. The fraction of sp³-hybridized carbons (Fsp3) is 0.304. The number of carbonyl (C=O) groups excluding carboxylic acids is 1. The fourth-order valence-electron chi connectivity index (χ4n) is 3.81. The zero-order valence-electron chi connectivity index (χ0n) is 18.5. The van der Waals surface area contributed by atoms with Crippen molar-refractivity contribution >= 4 is 16.8 Å². The van der Waals surface area contributed by atoms with E-state index in [0.29, 0.717) is 0 Å². The van der Waals surface area contributed by atoms with Crippen molar-refractivity contribution < 1.29 is 59.5 Å². The van der Waals surface area contributed by atoms with Crippen molar-refractivity contribution in [3.63, 3.8) is 0 Å². The van der Waals surface area contributed by atoms with E-state index in [4.69, 9.17) is 13.9 Å². The van der Waals surface area contributed by atoms with Crippen molar-refractivity contribution in [1.82, 2.24) is 0 Å². The van der Waals surface area contributed by atoms with Gasteiger partial charge in [-0.3, -0.25) is 9.59 Å². The van der Waals surface area contributed by atoms with Crippen LogP contribution in [0.4, 0.5) is 0 Å². The fourth-order valence-corrected chi connectivity index (χ4v) is 3.81. The first-order valence-electron chi connectivity index (χ1n) is 10.5. The van der Waals surface area contributed by atoms with Crippen LogP contribution < -0.4 is 10.2 Å². The molecule has 3 aromatic rings. The molecule has 1 aromatic heterocycles. The molecular formula is C23H22O13. The van der Waals surface area contributed by atoms with Gasteiger partial charge in [-0.25, -0.2) is 0 Å². The Balaban J connectivity index is 1.89. The lowest BCUT2D eigenvalue weighted by atomic mass is 9.94. The Morgan fingerprint density at radius 2 is 1.64 bits per heavy atom. The number of fused-ring (bicyclic) bond motifs is 1. The molecule has 0 aliphatic carbocycles. The average molecular weight is 506 g/mol. The van der Waals surface area contributed by atoms with Gasteiger partial charge in [-0.2, -0.15) is 0 Å². The molecular weight excluding hydrogens is 484 g/mol. The number of phenolic OH excluding ortho intramolecular Hbond substituents is 4. The number of carbonyl (C=O) groups is 1. The Bertz CT molecular complexity index is 1380. The van der Waals surface area contributed by atoms with Crippen LogP contribution in [-0.4, -0.2) is 83.4 Å². The third kappa shape index (κ3) is 4.29. The number of Topliss-reactive ketones (excluding diaryl/α,β-unsaturated/α-hetero) is 1. The van der Waals surface area contributed by atoms with Gasteiger partial charge in [0.15, 0.2) is 23.0 Å². The van der Waals surface area contributed by atoms with E-state index in [1.165, 1.54) is 6.07 Å². The molecule has 192 valence electrons. The maximum atomic E-state index is 13.4. The van der Waals surface area contributed by atoms with E-state index in [9.17, 15) is 50.4 Å². The maximum Gasteiger partial charge on any atom is 0.239 e. The second-order valence-corrected chi connectivity index (χ2v) is 8.25. The molecule has 1 aliphatic heterocycles. The summed E-state index contributed by atoms with van der Waals surface area (Å²) in [7, 11) is 0. The van der Waals surface area contributed by atoms with Gasteiger partial charge in [0.2, 0.25) is 17.5 Å². The highest BCUT2D eigenvalue weighted by molar-refractivity contribution is 5.88. The van der Waals surface area contributed by atoms with Crippen molar-refractivity contribution in [3.8, 4) is 40.1 Å². The lowest BCUT2D eigenvalue weighted by Crippen LogP contribution is -2.63. The van der Waals surface area contributed by atoms with Crippen LogP contribution in [0.25, 0.3) is 22.3 Å². The van der Waals surface area contributed by atoms with Crippen LogP contribution >= 0.6 is 0 Å². The second-order valence-electron chi connectivity index (χ2n) is 8.25. The number of ketones is 1. The molecule has 0 amide bonds. The van der Waals surface area contributed by atoms with Gasteiger partial charge < -0.3 is 54.7 Å². The Hall–Kier alpha value is -3.88. The summed E-state index contributed by atoms with van der Waals surface area (Å²) in [6, 6.07) is 5.20. The minimum absolute atomic E-state index is 0.0339. The van der Waals surface area contributed by atoms with Crippen molar-refractivity contribution in [1.29, 1.82) is 0 Å². The van der Waals surface area contributed by atoms with E-state index in [2.05, 4.69) is 0 Å². The SMILES string of the molecule is CC(=O)C(O)[C@H]1OC(Oc2c(-c3ccc(O)c(O)c3)oc3cc(O)cc(O)c3c2=O)[C@H](O)[C@@H](O)[C@@H]1O. The lowest BCUT2D eigenvalue weighted by molar-refractivity contribution is -0.285. The van der Waals surface area contributed by atoms with E-state index in [1.807, 2.05) is 0 Å². The van der Waals surface area contributed by atoms with Crippen molar-refractivity contribution in [3.05, 3.63) is 40.6 Å². The molecule has 0 bridgehead atoms. The van der Waals surface area contributed by atoms with Crippen molar-refractivity contribution in [2.45, 2.75) is 43.7 Å². The van der Waals surface area contributed by atoms with Gasteiger partial charge in [-0.1, -0.05) is 0 Å². The summed E-state index contributed by atoms with van der Waals surface area (Å²) in [6.45, 7) is 1.000. The summed E-state index contributed by atoms with van der Waals surface area (Å²) in [4.78, 5) is 25.0. The number of ether oxygens (including phenoxy) is 2.